The van der Waals surface area contributed by atoms with Gasteiger partial charge in [0.25, 0.3) is 0 Å². The molecule has 0 aliphatic heterocycles. The molecule has 8 heavy (non-hydrogen) atoms. The van der Waals surface area contributed by atoms with Crippen molar-refractivity contribution in [3.05, 3.63) is 0 Å². The van der Waals surface area contributed by atoms with Crippen molar-refractivity contribution in [1.29, 1.82) is 0 Å². The van der Waals surface area contributed by atoms with Gasteiger partial charge in [0.1, 0.15) is 13.6 Å². The molecule has 3 nitrogen and oxygen atoms in total. The fraction of sp³-hybridized carbons (Fsp3) is 0.600. The van der Waals surface area contributed by atoms with Crippen LogP contribution in [-0.2, 0) is 9.59 Å². The summed E-state index contributed by atoms with van der Waals surface area (Å²) in [6.07, 6.45) is 0. The zero-order valence-corrected chi connectivity index (χ0v) is 2.73. The number of carbonyl (C=O) groups excluding carboxylic acids is 2. The third-order valence-electron chi connectivity index (χ3n) is 0. The fourth-order valence-corrected chi connectivity index (χ4v) is 0. The van der Waals surface area contributed by atoms with E-state index in [0.29, 0.717) is 0 Å². The molecule has 0 fully saturated rings. The Balaban J connectivity index is -0.00000000167. The average molecular weight is 126 g/mol. The van der Waals surface area contributed by atoms with Crippen LogP contribution in [0.15, 0.2) is 0 Å². The monoisotopic (exact) mass is 126 g/mol. The van der Waals surface area contributed by atoms with Crippen LogP contribution in [0.3, 0.4) is 0 Å². The molecule has 0 unspecified atom stereocenters. The Kier molecular flexibility index (Phi) is 7740. The first-order valence-corrected chi connectivity index (χ1v) is 0.577. The van der Waals surface area contributed by atoms with Crippen LogP contribution in [0, 0.1) is 0 Å². The van der Waals surface area contributed by atoms with E-state index < -0.39 is 0 Å². The van der Waals surface area contributed by atoms with Crippen molar-refractivity contribution in [3.63, 3.8) is 0 Å². The van der Waals surface area contributed by atoms with Gasteiger partial charge in [-0.2, -0.15) is 0 Å². The van der Waals surface area contributed by atoms with Gasteiger partial charge in [0, 0.05) is 0 Å². The second-order valence-electron chi connectivity index (χ2n) is 0. The first-order chi connectivity index (χ1) is 2.00. The van der Waals surface area contributed by atoms with Gasteiger partial charge >= 0.3 is 0 Å². The van der Waals surface area contributed by atoms with Gasteiger partial charge < -0.3 is 15.1 Å². The summed E-state index contributed by atoms with van der Waals surface area (Å²) in [5, 5.41) is 0. The van der Waals surface area contributed by atoms with Crippen molar-refractivity contribution in [2.45, 2.75) is 22.3 Å². The average Bonchev–Trinajstić information content (AvgIpc) is 1.50. The lowest BCUT2D eigenvalue weighted by molar-refractivity contribution is -0.0987. The van der Waals surface area contributed by atoms with Crippen LogP contribution in [0.25, 0.3) is 0 Å². The molecule has 0 amide bonds. The van der Waals surface area contributed by atoms with E-state index in [2.05, 4.69) is 0 Å². The summed E-state index contributed by atoms with van der Waals surface area (Å²) in [6.45, 7) is 4.00. The molecule has 0 heterocycles. The van der Waals surface area contributed by atoms with Gasteiger partial charge in [0.2, 0.25) is 0 Å². The molecule has 0 radical (unpaired) electrons. The first-order valence-electron chi connectivity index (χ1n) is 0.577. The Morgan fingerprint density at radius 2 is 0.625 bits per heavy atom. The molecule has 0 atom stereocenters. The molecule has 0 aromatic carbocycles. The van der Waals surface area contributed by atoms with Crippen LogP contribution in [0.1, 0.15) is 22.3 Å². The summed E-state index contributed by atoms with van der Waals surface area (Å²) < 4.78 is 0. The highest BCUT2D eigenvalue weighted by Crippen LogP contribution is 0.496. The van der Waals surface area contributed by atoms with Crippen molar-refractivity contribution in [2.75, 3.05) is 0 Å². The highest BCUT2D eigenvalue weighted by Gasteiger charge is 0.638. The minimum atomic E-state index is 0. The predicted octanol–water partition coefficient (Wildman–Crippen LogP) is 0.714. The topological polar surface area (TPSA) is 65.6 Å². The molecule has 0 aliphatic rings. The minimum absolute atomic E-state index is 0. The lowest BCUT2D eigenvalue weighted by Crippen LogP contribution is -0.925. The highest BCUT2D eigenvalue weighted by atomic mass is 16.1. The second kappa shape index (κ2) is 361. The normalized spacial score (nSPS) is 1.00. The third-order valence-corrected chi connectivity index (χ3v) is 0. The molecule has 0 bridgehead atoms. The van der Waals surface area contributed by atoms with Gasteiger partial charge in [-0.05, 0) is 0 Å². The summed E-state index contributed by atoms with van der Waals surface area (Å²) in [6, 6.07) is 0. The lowest BCUT2D eigenvalue weighted by Gasteiger charge is -0.837. The number of hydrogen-bond acceptors (Lipinski definition) is 2. The van der Waals surface area contributed by atoms with Crippen LogP contribution in [-0.4, -0.2) is 19.1 Å². The molecule has 2 N–H and O–H groups in total. The van der Waals surface area contributed by atoms with Crippen molar-refractivity contribution in [3.8, 4) is 0 Å². The molecule has 0 saturated heterocycles. The van der Waals surface area contributed by atoms with Crippen molar-refractivity contribution >= 4 is 13.6 Å². The van der Waals surface area contributed by atoms with Crippen molar-refractivity contribution < 1.29 is 15.1 Å². The molecular weight excluding hydrogens is 108 g/mol. The van der Waals surface area contributed by atoms with Crippen LogP contribution in [0.4, 0.5) is 0 Å². The Hall–Kier alpha value is -0.700. The molecule has 56 valence electrons. The minimum Gasteiger partial charge on any atom is -0.412 e. The Labute approximate surface area is 52.0 Å². The molecular formula is C5H18O3. The summed E-state index contributed by atoms with van der Waals surface area (Å²) in [4.78, 5) is 16.0. The SMILES string of the molecule is C.C.C.C=O.C=O.O. The molecule has 0 spiro atoms. The predicted molar refractivity (Wildman–Crippen MR) is 38.0 cm³/mol. The zero-order valence-electron chi connectivity index (χ0n) is 2.73. The number of hydrogen-bond donors (Lipinski definition) is 0. The second-order valence-corrected chi connectivity index (χ2v) is 0. The maximum Gasteiger partial charge on any atom is 0.106 e. The Morgan fingerprint density at radius 3 is 0.625 bits per heavy atom. The maximum atomic E-state index is 8.00. The number of carbonyl (C=O) groups is 2. The molecule has 0 rings (SSSR count). The van der Waals surface area contributed by atoms with Crippen LogP contribution < -0.4 is 0 Å². The summed E-state index contributed by atoms with van der Waals surface area (Å²) >= 11 is 0. The van der Waals surface area contributed by atoms with Gasteiger partial charge in [-0.15, -0.1) is 0 Å². The third kappa shape index (κ3) is 200. The standard InChI is InChI=1S/2CH2O.3CH4.H2O/c2*1-2;;;;/h2*1H2;3*1H4;1H2. The van der Waals surface area contributed by atoms with E-state index in [1.54, 1.807) is 0 Å². The van der Waals surface area contributed by atoms with E-state index in [4.69, 9.17) is 9.59 Å². The van der Waals surface area contributed by atoms with E-state index in [1.165, 1.54) is 0 Å². The smallest absolute Gasteiger partial charge is 0.106 e. The van der Waals surface area contributed by atoms with Crippen molar-refractivity contribution in [2.24, 2.45) is 0 Å². The molecule has 0 saturated carbocycles. The van der Waals surface area contributed by atoms with E-state index in [9.17, 15) is 0 Å². The molecule has 0 aromatic rings. The molecule has 3 heteroatoms. The van der Waals surface area contributed by atoms with Crippen LogP contribution in [0.5, 0.6) is 0 Å². The van der Waals surface area contributed by atoms with E-state index in [0.717, 1.165) is 0 Å². The van der Waals surface area contributed by atoms with E-state index >= 15 is 0 Å². The van der Waals surface area contributed by atoms with Gasteiger partial charge in [0.05, 0.1) is 0 Å². The van der Waals surface area contributed by atoms with Crippen LogP contribution in [0.2, 0.25) is 0 Å². The summed E-state index contributed by atoms with van der Waals surface area (Å²) in [5.41, 5.74) is 0. The van der Waals surface area contributed by atoms with Crippen molar-refractivity contribution in [1.82, 2.24) is 0 Å². The first kappa shape index (κ1) is 171. The fourth-order valence-electron chi connectivity index (χ4n) is 0. The Morgan fingerprint density at radius 1 is 0.625 bits per heavy atom. The molecule has 0 aliphatic carbocycles. The van der Waals surface area contributed by atoms with Gasteiger partial charge in [-0.25, -0.2) is 0 Å². The Bertz CT molecular complexity index is 9.64. The summed E-state index contributed by atoms with van der Waals surface area (Å²) in [7, 11) is 0. The van der Waals surface area contributed by atoms with Crippen LogP contribution >= 0.6 is 0 Å². The summed E-state index contributed by atoms with van der Waals surface area (Å²) in [5.74, 6) is 0. The van der Waals surface area contributed by atoms with E-state index in [-0.39, 0.29) is 27.8 Å². The van der Waals surface area contributed by atoms with Gasteiger partial charge in [-0.1, -0.05) is 22.3 Å². The van der Waals surface area contributed by atoms with Gasteiger partial charge in [0.15, 0.2) is 0 Å². The maximum absolute atomic E-state index is 8.00. The highest BCUT2D eigenvalue weighted by molar-refractivity contribution is 5.11. The van der Waals surface area contributed by atoms with E-state index in [1.807, 2.05) is 13.6 Å². The molecule has 0 aromatic heterocycles. The number of rotatable bonds is 0. The zero-order chi connectivity index (χ0) is 4.00. The largest absolute Gasteiger partial charge is 0.412 e. The quantitative estimate of drug-likeness (QED) is 0.480. The van der Waals surface area contributed by atoms with Gasteiger partial charge in [-0.3, -0.25) is 0 Å². The lowest BCUT2D eigenvalue weighted by atomic mass is 11.9.